The van der Waals surface area contributed by atoms with Gasteiger partial charge in [0.15, 0.2) is 0 Å². The first-order valence-electron chi connectivity index (χ1n) is 3.47. The van der Waals surface area contributed by atoms with E-state index >= 15 is 0 Å². The summed E-state index contributed by atoms with van der Waals surface area (Å²) in [6.07, 6.45) is -5.83. The predicted octanol–water partition coefficient (Wildman–Crippen LogP) is -1.05. The molecule has 0 heterocycles. The number of alkyl halides is 3. The second-order valence-electron chi connectivity index (χ2n) is 2.71. The zero-order chi connectivity index (χ0) is 15.0. The van der Waals surface area contributed by atoms with Crippen molar-refractivity contribution in [2.45, 2.75) is 10.9 Å². The first-order chi connectivity index (χ1) is 7.55. The highest BCUT2D eigenvalue weighted by atomic mass is 32.3. The molecule has 15 heteroatoms. The molecule has 1 atom stereocenters. The Labute approximate surface area is 99.2 Å². The van der Waals surface area contributed by atoms with Crippen molar-refractivity contribution >= 4 is 30.4 Å². The van der Waals surface area contributed by atoms with Crippen molar-refractivity contribution in [2.75, 3.05) is 5.75 Å². The quantitative estimate of drug-likeness (QED) is 0.472. The van der Waals surface area contributed by atoms with E-state index in [1.165, 1.54) is 0 Å². The van der Waals surface area contributed by atoms with Crippen LogP contribution in [0.15, 0.2) is 0 Å². The Morgan fingerprint density at radius 1 is 1.00 bits per heavy atom. The monoisotopic (exact) mass is 338 g/mol. The molecule has 110 valence electrons. The fourth-order valence-electron chi connectivity index (χ4n) is 0.676. The summed E-state index contributed by atoms with van der Waals surface area (Å²) in [7, 11) is -17.2. The minimum atomic E-state index is -6.07. The fraction of sp³-hybridized carbons (Fsp3) is 1.00. The Morgan fingerprint density at radius 3 is 1.61 bits per heavy atom. The van der Waals surface area contributed by atoms with E-state index in [1.54, 1.807) is 0 Å². The minimum absolute atomic E-state index is 2.22. The Kier molecular flexibility index (Phi) is 4.76. The van der Waals surface area contributed by atoms with Crippen LogP contribution in [0.3, 0.4) is 0 Å². The lowest BCUT2D eigenvalue weighted by atomic mass is 10.9. The molecule has 0 saturated heterocycles. The van der Waals surface area contributed by atoms with Crippen LogP contribution in [0.2, 0.25) is 0 Å². The molecule has 18 heavy (non-hydrogen) atoms. The van der Waals surface area contributed by atoms with Crippen molar-refractivity contribution < 1.29 is 51.7 Å². The molecule has 2 N–H and O–H groups in total. The molecule has 1 unspecified atom stereocenters. The van der Waals surface area contributed by atoms with Crippen LogP contribution in [0.5, 0.6) is 0 Å². The second kappa shape index (κ2) is 4.89. The lowest BCUT2D eigenvalue weighted by Gasteiger charge is -2.14. The largest absolute Gasteiger partial charge is 0.537 e. The van der Waals surface area contributed by atoms with Crippen LogP contribution in [0.4, 0.5) is 13.2 Å². The molecule has 0 bridgehead atoms. The minimum Gasteiger partial charge on any atom is -0.285 e. The van der Waals surface area contributed by atoms with Gasteiger partial charge < -0.3 is 0 Å². The lowest BCUT2D eigenvalue weighted by molar-refractivity contribution is -0.272. The van der Waals surface area contributed by atoms with Gasteiger partial charge in [0, 0.05) is 0 Å². The Morgan fingerprint density at radius 2 is 1.39 bits per heavy atom. The number of rotatable bonds is 5. The van der Waals surface area contributed by atoms with Gasteiger partial charge in [-0.05, 0) is 0 Å². The normalized spacial score (nSPS) is 16.5. The first-order valence-corrected chi connectivity index (χ1v) is 8.06. The molecule has 0 spiro atoms. The molecule has 0 rings (SSSR count). The van der Waals surface area contributed by atoms with Gasteiger partial charge in [-0.1, -0.05) is 0 Å². The van der Waals surface area contributed by atoms with Gasteiger partial charge in [-0.3, -0.25) is 9.11 Å². The number of hydrogen-bond donors (Lipinski definition) is 2. The Bertz CT molecular complexity index is 595. The van der Waals surface area contributed by atoms with Crippen molar-refractivity contribution in [3.63, 3.8) is 0 Å². The fourth-order valence-corrected chi connectivity index (χ4v) is 5.09. The maximum atomic E-state index is 11.6. The summed E-state index contributed by atoms with van der Waals surface area (Å²) in [5.41, 5.74) is 0. The molecule has 0 aromatic heterocycles. The topological polar surface area (TPSA) is 152 Å². The van der Waals surface area contributed by atoms with E-state index in [2.05, 4.69) is 4.18 Å². The summed E-state index contributed by atoms with van der Waals surface area (Å²) in [6.45, 7) is 0. The van der Waals surface area contributed by atoms with Crippen molar-refractivity contribution in [3.8, 4) is 0 Å². The third-order valence-electron chi connectivity index (χ3n) is 1.21. The van der Waals surface area contributed by atoms with Crippen molar-refractivity contribution in [3.05, 3.63) is 0 Å². The van der Waals surface area contributed by atoms with Gasteiger partial charge in [-0.15, -0.1) is 13.2 Å². The van der Waals surface area contributed by atoms with Crippen molar-refractivity contribution in [1.82, 2.24) is 0 Å². The van der Waals surface area contributed by atoms with E-state index in [1.807, 2.05) is 0 Å². The molecule has 0 aromatic carbocycles. The smallest absolute Gasteiger partial charge is 0.285 e. The Balaban J connectivity index is 5.64. The molecule has 0 amide bonds. The molecule has 0 aliphatic heterocycles. The summed E-state index contributed by atoms with van der Waals surface area (Å²) < 4.78 is 114. The first kappa shape index (κ1) is 17.5. The predicted molar refractivity (Wildman–Crippen MR) is 47.8 cm³/mol. The van der Waals surface area contributed by atoms with Crippen LogP contribution < -0.4 is 0 Å². The molecular formula is C3H5F3O9S3. The van der Waals surface area contributed by atoms with Crippen molar-refractivity contribution in [1.29, 1.82) is 0 Å². The maximum Gasteiger partial charge on any atom is 0.537 e. The molecule has 0 fully saturated rings. The molecule has 9 nitrogen and oxygen atoms in total. The van der Waals surface area contributed by atoms with Crippen LogP contribution in [0.1, 0.15) is 0 Å². The van der Waals surface area contributed by atoms with Gasteiger partial charge in [-0.2, -0.15) is 29.4 Å². The van der Waals surface area contributed by atoms with Gasteiger partial charge in [0.2, 0.25) is 4.58 Å². The average Bonchev–Trinajstić information content (AvgIpc) is 1.90. The van der Waals surface area contributed by atoms with Gasteiger partial charge in [0.05, 0.1) is 0 Å². The van der Waals surface area contributed by atoms with E-state index in [0.29, 0.717) is 0 Å². The highest BCUT2D eigenvalue weighted by Crippen LogP contribution is 2.24. The van der Waals surface area contributed by atoms with Gasteiger partial charge >= 0.3 is 6.36 Å². The lowest BCUT2D eigenvalue weighted by Crippen LogP contribution is -2.39. The van der Waals surface area contributed by atoms with E-state index in [-0.39, 0.29) is 0 Å². The van der Waals surface area contributed by atoms with Crippen LogP contribution >= 0.6 is 0 Å². The molecule has 0 saturated carbocycles. The molecule has 0 aromatic rings. The van der Waals surface area contributed by atoms with Crippen LogP contribution in [0, 0.1) is 0 Å². The summed E-state index contributed by atoms with van der Waals surface area (Å²) >= 11 is 0. The molecule has 0 radical (unpaired) electrons. The number of hydrogen-bond acceptors (Lipinski definition) is 7. The zero-order valence-electron chi connectivity index (χ0n) is 7.90. The summed E-state index contributed by atoms with van der Waals surface area (Å²) in [5, 5.41) is 0. The third kappa shape index (κ3) is 6.45. The van der Waals surface area contributed by atoms with Gasteiger partial charge in [-0.25, -0.2) is 0 Å². The maximum absolute atomic E-state index is 11.6. The van der Waals surface area contributed by atoms with Crippen molar-refractivity contribution in [2.24, 2.45) is 0 Å². The summed E-state index contributed by atoms with van der Waals surface area (Å²) in [5.74, 6) is -2.22. The standard InChI is InChI=1S/C3H5F3O9S3/c4-3(5,6)15-18(13,14)2(17(10,11)12)1-16(7,8)9/h2H,1H2,(H,7,8,9)(H,10,11,12). The second-order valence-corrected chi connectivity index (χ2v) is 7.83. The molecule has 0 aliphatic carbocycles. The van der Waals surface area contributed by atoms with Crippen LogP contribution in [0.25, 0.3) is 0 Å². The molecular weight excluding hydrogens is 333 g/mol. The van der Waals surface area contributed by atoms with Crippen LogP contribution in [-0.2, 0) is 34.5 Å². The van der Waals surface area contributed by atoms with Gasteiger partial charge in [0.25, 0.3) is 30.4 Å². The van der Waals surface area contributed by atoms with E-state index < -0.39 is 47.1 Å². The summed E-state index contributed by atoms with van der Waals surface area (Å²) in [6, 6.07) is 0. The number of halogens is 3. The molecule has 0 aliphatic rings. The zero-order valence-corrected chi connectivity index (χ0v) is 10.3. The van der Waals surface area contributed by atoms with E-state index in [9.17, 15) is 38.4 Å². The van der Waals surface area contributed by atoms with Gasteiger partial charge in [0.1, 0.15) is 5.75 Å². The van der Waals surface area contributed by atoms with E-state index in [0.717, 1.165) is 0 Å². The van der Waals surface area contributed by atoms with E-state index in [4.69, 9.17) is 9.11 Å². The van der Waals surface area contributed by atoms with Crippen LogP contribution in [-0.4, -0.2) is 51.1 Å². The third-order valence-corrected chi connectivity index (χ3v) is 5.89. The Hall–Kier alpha value is -0.480. The highest BCUT2D eigenvalue weighted by Gasteiger charge is 2.48. The highest BCUT2D eigenvalue weighted by molar-refractivity contribution is 8.05. The SMILES string of the molecule is O=S(=O)(O)CC(S(=O)(=O)O)S(=O)(=O)OC(F)(F)F. The summed E-state index contributed by atoms with van der Waals surface area (Å²) in [4.78, 5) is 0. The average molecular weight is 338 g/mol.